The summed E-state index contributed by atoms with van der Waals surface area (Å²) in [7, 11) is 0. The molecule has 2 nitrogen and oxygen atoms in total. The molecule has 1 rings (SSSR count). The number of amides is 1. The van der Waals surface area contributed by atoms with Crippen molar-refractivity contribution in [1.29, 1.82) is 0 Å². The van der Waals surface area contributed by atoms with E-state index in [2.05, 4.69) is 0 Å². The van der Waals surface area contributed by atoms with E-state index in [1.54, 1.807) is 6.08 Å². The van der Waals surface area contributed by atoms with E-state index in [0.717, 1.165) is 0 Å². The van der Waals surface area contributed by atoms with Crippen LogP contribution in [0.1, 0.15) is 20.3 Å². The van der Waals surface area contributed by atoms with Gasteiger partial charge in [0.1, 0.15) is 0 Å². The molecule has 0 spiro atoms. The van der Waals surface area contributed by atoms with Crippen LogP contribution in [0.5, 0.6) is 0 Å². The van der Waals surface area contributed by atoms with Crippen molar-refractivity contribution in [2.45, 2.75) is 20.3 Å². The van der Waals surface area contributed by atoms with Gasteiger partial charge in [-0.05, 0) is 6.42 Å². The van der Waals surface area contributed by atoms with E-state index in [4.69, 9.17) is 5.73 Å². The molecule has 2 N–H and O–H groups in total. The first-order chi connectivity index (χ1) is 5.80. The predicted molar refractivity (Wildman–Crippen MR) is 51.5 cm³/mol. The minimum atomic E-state index is -0.337. The quantitative estimate of drug-likeness (QED) is 0.634. The SMILES string of the molecule is CC.NC(=O)C1=CC=CC=CC1. The Labute approximate surface area is 73.5 Å². The molecule has 0 unspecified atom stereocenters. The summed E-state index contributed by atoms with van der Waals surface area (Å²) < 4.78 is 0. The smallest absolute Gasteiger partial charge is 0.244 e. The lowest BCUT2D eigenvalue weighted by Crippen LogP contribution is -2.12. The van der Waals surface area contributed by atoms with Crippen molar-refractivity contribution in [1.82, 2.24) is 0 Å². The van der Waals surface area contributed by atoms with Gasteiger partial charge in [-0.15, -0.1) is 0 Å². The molecule has 0 aromatic carbocycles. The Morgan fingerprint density at radius 2 is 2.00 bits per heavy atom. The molecule has 1 aliphatic rings. The van der Waals surface area contributed by atoms with E-state index < -0.39 is 0 Å². The highest BCUT2D eigenvalue weighted by atomic mass is 16.1. The Hall–Kier alpha value is -1.31. The molecule has 1 aliphatic carbocycles. The monoisotopic (exact) mass is 165 g/mol. The van der Waals surface area contributed by atoms with E-state index >= 15 is 0 Å². The minimum absolute atomic E-state index is 0.337. The van der Waals surface area contributed by atoms with Crippen LogP contribution < -0.4 is 5.73 Å². The Morgan fingerprint density at radius 1 is 1.33 bits per heavy atom. The van der Waals surface area contributed by atoms with E-state index in [1.807, 2.05) is 38.2 Å². The lowest BCUT2D eigenvalue weighted by molar-refractivity contribution is -0.114. The second kappa shape index (κ2) is 6.40. The molecule has 66 valence electrons. The number of primary amides is 1. The van der Waals surface area contributed by atoms with Gasteiger partial charge in [0.2, 0.25) is 5.91 Å². The first kappa shape index (κ1) is 10.7. The highest BCUT2D eigenvalue weighted by molar-refractivity contribution is 5.92. The zero-order valence-corrected chi connectivity index (χ0v) is 7.58. The summed E-state index contributed by atoms with van der Waals surface area (Å²) in [5, 5.41) is 0. The predicted octanol–water partition coefficient (Wildman–Crippen LogP) is 1.94. The number of carbonyl (C=O) groups excluding carboxylic acids is 1. The van der Waals surface area contributed by atoms with Crippen LogP contribution in [-0.4, -0.2) is 5.91 Å². The van der Waals surface area contributed by atoms with Crippen LogP contribution in [0.3, 0.4) is 0 Å². The molecule has 0 radical (unpaired) electrons. The maximum atomic E-state index is 10.6. The Kier molecular flexibility index (Phi) is 5.70. The average Bonchev–Trinajstić information content (AvgIpc) is 2.35. The number of hydrogen-bond acceptors (Lipinski definition) is 1. The lowest BCUT2D eigenvalue weighted by Gasteiger charge is -1.93. The molecular weight excluding hydrogens is 150 g/mol. The third-order valence-corrected chi connectivity index (χ3v) is 1.31. The molecule has 0 atom stereocenters. The molecule has 0 saturated carbocycles. The molecule has 0 bridgehead atoms. The van der Waals surface area contributed by atoms with Gasteiger partial charge in [-0.3, -0.25) is 4.79 Å². The van der Waals surface area contributed by atoms with E-state index in [9.17, 15) is 4.79 Å². The van der Waals surface area contributed by atoms with E-state index in [-0.39, 0.29) is 5.91 Å². The Morgan fingerprint density at radius 3 is 2.58 bits per heavy atom. The van der Waals surface area contributed by atoms with Gasteiger partial charge in [-0.2, -0.15) is 0 Å². The normalized spacial score (nSPS) is 14.0. The van der Waals surface area contributed by atoms with Gasteiger partial charge in [0, 0.05) is 5.57 Å². The molecule has 0 aromatic heterocycles. The van der Waals surface area contributed by atoms with Crippen molar-refractivity contribution >= 4 is 5.91 Å². The molecule has 12 heavy (non-hydrogen) atoms. The van der Waals surface area contributed by atoms with Crippen molar-refractivity contribution in [3.8, 4) is 0 Å². The van der Waals surface area contributed by atoms with Crippen LogP contribution in [0, 0.1) is 0 Å². The summed E-state index contributed by atoms with van der Waals surface area (Å²) in [6, 6.07) is 0. The molecule has 0 heterocycles. The number of carbonyl (C=O) groups is 1. The summed E-state index contributed by atoms with van der Waals surface area (Å²) in [5.74, 6) is -0.337. The van der Waals surface area contributed by atoms with Gasteiger partial charge in [0.05, 0.1) is 0 Å². The van der Waals surface area contributed by atoms with Crippen LogP contribution in [0.4, 0.5) is 0 Å². The highest BCUT2D eigenvalue weighted by Crippen LogP contribution is 2.05. The van der Waals surface area contributed by atoms with Crippen LogP contribution in [-0.2, 0) is 4.79 Å². The van der Waals surface area contributed by atoms with Gasteiger partial charge in [-0.25, -0.2) is 0 Å². The van der Waals surface area contributed by atoms with Gasteiger partial charge < -0.3 is 5.73 Å². The first-order valence-corrected chi connectivity index (χ1v) is 4.13. The molecule has 1 amide bonds. The number of rotatable bonds is 1. The fraction of sp³-hybridized carbons (Fsp3) is 0.300. The summed E-state index contributed by atoms with van der Waals surface area (Å²) in [4.78, 5) is 10.6. The number of hydrogen-bond donors (Lipinski definition) is 1. The van der Waals surface area contributed by atoms with Crippen molar-refractivity contribution in [3.63, 3.8) is 0 Å². The maximum absolute atomic E-state index is 10.6. The van der Waals surface area contributed by atoms with Gasteiger partial charge in [0.15, 0.2) is 0 Å². The van der Waals surface area contributed by atoms with Crippen LogP contribution in [0.15, 0.2) is 36.0 Å². The van der Waals surface area contributed by atoms with E-state index in [1.165, 1.54) is 0 Å². The van der Waals surface area contributed by atoms with Crippen molar-refractivity contribution in [3.05, 3.63) is 36.0 Å². The summed E-state index contributed by atoms with van der Waals surface area (Å²) in [6.07, 6.45) is 9.86. The molecule has 0 aromatic rings. The van der Waals surface area contributed by atoms with Crippen LogP contribution >= 0.6 is 0 Å². The first-order valence-electron chi connectivity index (χ1n) is 4.13. The minimum Gasteiger partial charge on any atom is -0.366 e. The molecule has 2 heteroatoms. The molecular formula is C10H15NO. The van der Waals surface area contributed by atoms with Gasteiger partial charge >= 0.3 is 0 Å². The average molecular weight is 165 g/mol. The second-order valence-electron chi connectivity index (χ2n) is 2.07. The summed E-state index contributed by atoms with van der Waals surface area (Å²) >= 11 is 0. The zero-order chi connectivity index (χ0) is 9.40. The Bertz CT molecular complexity index is 224. The molecule has 0 saturated heterocycles. The van der Waals surface area contributed by atoms with Crippen molar-refractivity contribution in [2.75, 3.05) is 0 Å². The largest absolute Gasteiger partial charge is 0.366 e. The van der Waals surface area contributed by atoms with E-state index in [0.29, 0.717) is 12.0 Å². The van der Waals surface area contributed by atoms with Gasteiger partial charge in [0.25, 0.3) is 0 Å². The number of nitrogens with two attached hydrogens (primary N) is 1. The topological polar surface area (TPSA) is 43.1 Å². The fourth-order valence-electron chi connectivity index (χ4n) is 0.760. The highest BCUT2D eigenvalue weighted by Gasteiger charge is 2.00. The third-order valence-electron chi connectivity index (χ3n) is 1.31. The fourth-order valence-corrected chi connectivity index (χ4v) is 0.760. The number of allylic oxidation sites excluding steroid dienone is 5. The third kappa shape index (κ3) is 3.76. The van der Waals surface area contributed by atoms with Crippen molar-refractivity contribution < 1.29 is 4.79 Å². The van der Waals surface area contributed by atoms with Gasteiger partial charge in [-0.1, -0.05) is 44.2 Å². The molecule has 0 aliphatic heterocycles. The summed E-state index contributed by atoms with van der Waals surface area (Å²) in [5.41, 5.74) is 5.72. The standard InChI is InChI=1S/C8H9NO.C2H6/c9-8(10)7-5-3-1-2-4-6-7;1-2/h1-5H,6H2,(H2,9,10);1-2H3. The van der Waals surface area contributed by atoms with Crippen LogP contribution in [0.2, 0.25) is 0 Å². The Balaban J connectivity index is 0.000000561. The lowest BCUT2D eigenvalue weighted by atomic mass is 10.2. The van der Waals surface area contributed by atoms with Crippen molar-refractivity contribution in [2.24, 2.45) is 5.73 Å². The zero-order valence-electron chi connectivity index (χ0n) is 7.58. The van der Waals surface area contributed by atoms with Crippen LogP contribution in [0.25, 0.3) is 0 Å². The summed E-state index contributed by atoms with van der Waals surface area (Å²) in [6.45, 7) is 4.00. The maximum Gasteiger partial charge on any atom is 0.244 e. The second-order valence-corrected chi connectivity index (χ2v) is 2.07. The molecule has 0 fully saturated rings.